The maximum absolute atomic E-state index is 12.9. The van der Waals surface area contributed by atoms with Gasteiger partial charge in [-0.15, -0.1) is 10.2 Å². The van der Waals surface area contributed by atoms with Gasteiger partial charge in [0, 0.05) is 24.4 Å². The van der Waals surface area contributed by atoms with Crippen molar-refractivity contribution in [2.75, 3.05) is 40.6 Å². The van der Waals surface area contributed by atoms with Gasteiger partial charge in [-0.05, 0) is 38.7 Å². The number of benzene rings is 1. The first-order chi connectivity index (χ1) is 19.3. The van der Waals surface area contributed by atoms with Crippen LogP contribution in [0.2, 0.25) is 0 Å². The number of hydrogen-bond donors (Lipinski definition) is 1. The van der Waals surface area contributed by atoms with Crippen LogP contribution in [0.5, 0.6) is 11.5 Å². The summed E-state index contributed by atoms with van der Waals surface area (Å²) in [5, 5.41) is 9.05. The largest absolute Gasteiger partial charge is 0.497 e. The molecule has 2 N–H and O–H groups in total. The lowest BCUT2D eigenvalue weighted by molar-refractivity contribution is -0.127. The van der Waals surface area contributed by atoms with E-state index in [4.69, 9.17) is 19.6 Å². The van der Waals surface area contributed by atoms with Gasteiger partial charge in [0.25, 0.3) is 0 Å². The van der Waals surface area contributed by atoms with E-state index in [9.17, 15) is 4.79 Å². The summed E-state index contributed by atoms with van der Waals surface area (Å²) in [4.78, 5) is 25.2. The molecule has 3 aromatic heterocycles. The van der Waals surface area contributed by atoms with Crippen LogP contribution in [0.1, 0.15) is 41.4 Å². The lowest BCUT2D eigenvalue weighted by Crippen LogP contribution is -2.30. The van der Waals surface area contributed by atoms with Gasteiger partial charge in [-0.25, -0.2) is 9.97 Å². The Labute approximate surface area is 231 Å². The van der Waals surface area contributed by atoms with E-state index in [0.29, 0.717) is 70.8 Å². The second-order valence-electron chi connectivity index (χ2n) is 9.63. The third kappa shape index (κ3) is 5.19. The molecule has 206 valence electrons. The van der Waals surface area contributed by atoms with Crippen molar-refractivity contribution >= 4 is 22.8 Å². The second kappa shape index (κ2) is 11.1. The monoisotopic (exact) mass is 542 g/mol. The predicted octanol–water partition coefficient (Wildman–Crippen LogP) is 2.58. The fourth-order valence-electron chi connectivity index (χ4n) is 4.85. The minimum absolute atomic E-state index is 0.164. The second-order valence-corrected chi connectivity index (χ2v) is 9.63. The standard InChI is InChI=1S/C28H30N8O4/c1-6-24(37)36-14-19(11-22(36)28-33-32-23(40-28)15-34(2)3)35-13-18(25-26(29)30-16-31-27(25)35)8-7-17-9-20(38-4)12-21(10-17)39-5/h6,9-10,12-13,16,19,22H,1,11,14-15H2,2-5H3,(H2,29,30,31)/t19-,22?/m1/s1. The summed E-state index contributed by atoms with van der Waals surface area (Å²) in [7, 11) is 7.01. The average molecular weight is 543 g/mol. The maximum atomic E-state index is 12.9. The van der Waals surface area contributed by atoms with Crippen molar-refractivity contribution in [3.8, 4) is 23.3 Å². The van der Waals surface area contributed by atoms with Crippen LogP contribution in [0.4, 0.5) is 5.82 Å². The van der Waals surface area contributed by atoms with E-state index < -0.39 is 6.04 Å². The number of fused-ring (bicyclic) bond motifs is 1. The molecule has 40 heavy (non-hydrogen) atoms. The number of amides is 1. The fourth-order valence-corrected chi connectivity index (χ4v) is 4.85. The molecule has 1 fully saturated rings. The van der Waals surface area contributed by atoms with E-state index in [1.54, 1.807) is 25.2 Å². The number of nitrogens with two attached hydrogens (primary N) is 1. The Morgan fingerprint density at radius 1 is 1.20 bits per heavy atom. The van der Waals surface area contributed by atoms with Gasteiger partial charge in [-0.2, -0.15) is 0 Å². The zero-order valence-electron chi connectivity index (χ0n) is 22.8. The van der Waals surface area contributed by atoms with Crippen LogP contribution in [0.3, 0.4) is 0 Å². The van der Waals surface area contributed by atoms with Crippen molar-refractivity contribution in [3.63, 3.8) is 0 Å². The number of carbonyl (C=O) groups is 1. The fraction of sp³-hybridized carbons (Fsp3) is 0.321. The zero-order chi connectivity index (χ0) is 28.4. The highest BCUT2D eigenvalue weighted by Gasteiger charge is 2.40. The molecule has 1 aliphatic rings. The Kier molecular flexibility index (Phi) is 7.39. The van der Waals surface area contributed by atoms with Gasteiger partial charge < -0.3 is 34.0 Å². The molecule has 1 aliphatic heterocycles. The Morgan fingerprint density at radius 2 is 1.95 bits per heavy atom. The van der Waals surface area contributed by atoms with E-state index in [0.717, 1.165) is 0 Å². The SMILES string of the molecule is C=CC(=O)N1C[C@H](n2cc(C#Cc3cc(OC)cc(OC)c3)c3c(N)ncnc32)CC1c1nnc(CN(C)C)o1. The Bertz CT molecular complexity index is 1610. The minimum atomic E-state index is -0.422. The first kappa shape index (κ1) is 26.7. The molecule has 2 atom stereocenters. The van der Waals surface area contributed by atoms with Gasteiger partial charge in [0.2, 0.25) is 17.7 Å². The molecule has 4 heterocycles. The van der Waals surface area contributed by atoms with Gasteiger partial charge >= 0.3 is 0 Å². The lowest BCUT2D eigenvalue weighted by atomic mass is 10.1. The Hall–Kier alpha value is -4.89. The van der Waals surface area contributed by atoms with E-state index in [2.05, 4.69) is 38.6 Å². The average Bonchev–Trinajstić information content (AvgIpc) is 3.68. The molecule has 0 radical (unpaired) electrons. The minimum Gasteiger partial charge on any atom is -0.497 e. The number of nitrogen functional groups attached to an aromatic ring is 1. The van der Waals surface area contributed by atoms with E-state index >= 15 is 0 Å². The predicted molar refractivity (Wildman–Crippen MR) is 147 cm³/mol. The number of anilines is 1. The number of ether oxygens (including phenoxy) is 2. The molecule has 0 bridgehead atoms. The van der Waals surface area contributed by atoms with Gasteiger partial charge in [0.1, 0.15) is 35.3 Å². The summed E-state index contributed by atoms with van der Waals surface area (Å²) in [5.41, 5.74) is 8.29. The van der Waals surface area contributed by atoms with E-state index in [1.807, 2.05) is 41.9 Å². The van der Waals surface area contributed by atoms with E-state index in [1.165, 1.54) is 12.4 Å². The van der Waals surface area contributed by atoms with Gasteiger partial charge in [-0.1, -0.05) is 18.4 Å². The highest BCUT2D eigenvalue weighted by atomic mass is 16.5. The quantitative estimate of drug-likeness (QED) is 0.274. The van der Waals surface area contributed by atoms with Crippen LogP contribution in [-0.2, 0) is 11.3 Å². The summed E-state index contributed by atoms with van der Waals surface area (Å²) >= 11 is 0. The first-order valence-electron chi connectivity index (χ1n) is 12.6. The Balaban J connectivity index is 1.53. The summed E-state index contributed by atoms with van der Waals surface area (Å²) < 4.78 is 18.7. The molecule has 12 nitrogen and oxygen atoms in total. The normalized spacial score (nSPS) is 16.7. The summed E-state index contributed by atoms with van der Waals surface area (Å²) in [6, 6.07) is 4.84. The summed E-state index contributed by atoms with van der Waals surface area (Å²) in [5.74, 6) is 8.61. The molecule has 5 rings (SSSR count). The van der Waals surface area contributed by atoms with Gasteiger partial charge in [0.05, 0.1) is 37.8 Å². The number of likely N-dealkylation sites (tertiary alicyclic amines) is 1. The van der Waals surface area contributed by atoms with Crippen LogP contribution in [0.25, 0.3) is 11.0 Å². The van der Waals surface area contributed by atoms with Crippen LogP contribution < -0.4 is 15.2 Å². The molecule has 1 unspecified atom stereocenters. The Morgan fingerprint density at radius 3 is 2.62 bits per heavy atom. The molecule has 0 saturated carbocycles. The van der Waals surface area contributed by atoms with Crippen molar-refractivity contribution in [3.05, 3.63) is 66.3 Å². The van der Waals surface area contributed by atoms with Crippen molar-refractivity contribution < 1.29 is 18.7 Å². The topological polar surface area (TPSA) is 138 Å². The van der Waals surface area contributed by atoms with Crippen molar-refractivity contribution in [2.24, 2.45) is 0 Å². The highest BCUT2D eigenvalue weighted by molar-refractivity contribution is 5.92. The molecular weight excluding hydrogens is 512 g/mol. The third-order valence-corrected chi connectivity index (χ3v) is 6.68. The molecule has 0 spiro atoms. The number of aromatic nitrogens is 5. The molecule has 1 saturated heterocycles. The summed E-state index contributed by atoms with van der Waals surface area (Å²) in [6.07, 6.45) is 5.13. The van der Waals surface area contributed by atoms with Crippen LogP contribution in [0, 0.1) is 11.8 Å². The highest BCUT2D eigenvalue weighted by Crippen LogP contribution is 2.40. The van der Waals surface area contributed by atoms with Crippen LogP contribution in [0.15, 0.2) is 47.8 Å². The number of carbonyl (C=O) groups excluding carboxylic acids is 1. The van der Waals surface area contributed by atoms with E-state index in [-0.39, 0.29) is 11.9 Å². The smallest absolute Gasteiger partial charge is 0.246 e. The number of nitrogens with zero attached hydrogens (tertiary/aromatic N) is 7. The number of rotatable bonds is 7. The number of hydrogen-bond acceptors (Lipinski definition) is 10. The molecule has 1 amide bonds. The van der Waals surface area contributed by atoms with Crippen molar-refractivity contribution in [2.45, 2.75) is 25.0 Å². The van der Waals surface area contributed by atoms with Gasteiger partial charge in [-0.3, -0.25) is 4.79 Å². The maximum Gasteiger partial charge on any atom is 0.246 e. The molecule has 0 aliphatic carbocycles. The molecular formula is C28H30N8O4. The van der Waals surface area contributed by atoms with Crippen molar-refractivity contribution in [1.82, 2.24) is 34.5 Å². The van der Waals surface area contributed by atoms with Crippen LogP contribution in [-0.4, -0.2) is 75.3 Å². The number of methoxy groups -OCH3 is 2. The zero-order valence-corrected chi connectivity index (χ0v) is 22.8. The van der Waals surface area contributed by atoms with Crippen LogP contribution >= 0.6 is 0 Å². The molecule has 1 aromatic carbocycles. The molecule has 4 aromatic rings. The lowest BCUT2D eigenvalue weighted by Gasteiger charge is -2.20. The first-order valence-corrected chi connectivity index (χ1v) is 12.6. The molecule has 12 heteroatoms. The summed E-state index contributed by atoms with van der Waals surface area (Å²) in [6.45, 7) is 4.56. The van der Waals surface area contributed by atoms with Crippen molar-refractivity contribution in [1.29, 1.82) is 0 Å². The van der Waals surface area contributed by atoms with Gasteiger partial charge in [0.15, 0.2) is 0 Å². The third-order valence-electron chi connectivity index (χ3n) is 6.68.